The van der Waals surface area contributed by atoms with Crippen molar-refractivity contribution in [1.29, 1.82) is 0 Å². The molecule has 40 heavy (non-hydrogen) atoms. The molecule has 8 nitrogen and oxygen atoms in total. The van der Waals surface area contributed by atoms with Crippen molar-refractivity contribution in [1.82, 2.24) is 18.8 Å². The molecule has 4 aromatic rings. The smallest absolute Gasteiger partial charge is 0.417 e. The van der Waals surface area contributed by atoms with Gasteiger partial charge in [-0.3, -0.25) is 0 Å². The molecule has 210 valence electrons. The van der Waals surface area contributed by atoms with Gasteiger partial charge in [-0.25, -0.2) is 18.4 Å². The minimum absolute atomic E-state index is 0.0667. The van der Waals surface area contributed by atoms with E-state index in [4.69, 9.17) is 9.72 Å². The van der Waals surface area contributed by atoms with Gasteiger partial charge in [-0.15, -0.1) is 0 Å². The molecule has 0 unspecified atom stereocenters. The van der Waals surface area contributed by atoms with Crippen LogP contribution in [0.25, 0.3) is 11.3 Å². The molecule has 0 saturated heterocycles. The lowest BCUT2D eigenvalue weighted by Crippen LogP contribution is -2.26. The van der Waals surface area contributed by atoms with Crippen molar-refractivity contribution in [2.75, 3.05) is 19.5 Å². The van der Waals surface area contributed by atoms with Gasteiger partial charge >= 0.3 is 6.18 Å². The van der Waals surface area contributed by atoms with Gasteiger partial charge in [0.05, 0.1) is 23.3 Å². The lowest BCUT2D eigenvalue weighted by molar-refractivity contribution is -0.137. The van der Waals surface area contributed by atoms with Gasteiger partial charge in [-0.2, -0.15) is 17.5 Å². The van der Waals surface area contributed by atoms with Crippen LogP contribution in [0.4, 0.5) is 24.7 Å². The highest BCUT2D eigenvalue weighted by Gasteiger charge is 2.31. The quantitative estimate of drug-likeness (QED) is 0.288. The van der Waals surface area contributed by atoms with Gasteiger partial charge in [0.1, 0.15) is 17.4 Å². The molecule has 1 aliphatic heterocycles. The average Bonchev–Trinajstić information content (AvgIpc) is 3.52. The minimum atomic E-state index is -4.50. The molecular formula is C28H28F3N5O3S. The summed E-state index contributed by atoms with van der Waals surface area (Å²) in [7, 11) is -0.834. The van der Waals surface area contributed by atoms with Crippen molar-refractivity contribution in [3.05, 3.63) is 83.4 Å². The fraction of sp³-hybridized carbons (Fsp3) is 0.286. The number of rotatable bonds is 8. The standard InChI is InChI=1S/C28H28F3N5O3S/c1-18-27(34-26-5-4-14-36(18)26)23-15-22(40(37,38)35(2)17-19-6-9-21(39-3)10-7-19)11-12-24(23)33-25-13-8-20(16-32-25)28(29,30)31/h6-13,15-16H,4-5,14,17H2,1-3H3,(H,32,33). The number of nitrogens with zero attached hydrogens (tertiary/aromatic N) is 4. The SMILES string of the molecule is COc1ccc(CN(C)S(=O)(=O)c2ccc(Nc3ccc(C(F)(F)F)cn3)c(-c3nc4n(c3C)CCC4)c2)cc1. The first-order chi connectivity index (χ1) is 19.0. The number of imidazole rings is 1. The number of methoxy groups -OCH3 is 1. The number of nitrogens with one attached hydrogen (secondary N) is 1. The Morgan fingerprint density at radius 3 is 2.48 bits per heavy atom. The Morgan fingerprint density at radius 1 is 1.10 bits per heavy atom. The zero-order valence-electron chi connectivity index (χ0n) is 22.2. The summed E-state index contributed by atoms with van der Waals surface area (Å²) in [4.78, 5) is 8.78. The Bertz CT molecular complexity index is 1630. The highest BCUT2D eigenvalue weighted by molar-refractivity contribution is 7.89. The van der Waals surface area contributed by atoms with Gasteiger partial charge in [0.2, 0.25) is 10.0 Å². The first-order valence-corrected chi connectivity index (χ1v) is 14.0. The number of alkyl halides is 3. The molecule has 0 amide bonds. The monoisotopic (exact) mass is 571 g/mol. The zero-order chi connectivity index (χ0) is 28.7. The first-order valence-electron chi connectivity index (χ1n) is 12.6. The first kappa shape index (κ1) is 27.7. The third kappa shape index (κ3) is 5.41. The van der Waals surface area contributed by atoms with Gasteiger partial charge in [0.25, 0.3) is 0 Å². The number of hydrogen-bond donors (Lipinski definition) is 1. The number of fused-ring (bicyclic) bond motifs is 1. The van der Waals surface area contributed by atoms with Crippen LogP contribution < -0.4 is 10.1 Å². The van der Waals surface area contributed by atoms with Crippen LogP contribution in [0.1, 0.15) is 29.1 Å². The number of halogens is 3. The molecule has 2 aromatic heterocycles. The largest absolute Gasteiger partial charge is 0.497 e. The number of benzene rings is 2. The van der Waals surface area contributed by atoms with E-state index >= 15 is 0 Å². The summed E-state index contributed by atoms with van der Waals surface area (Å²) in [5.74, 6) is 1.77. The third-order valence-electron chi connectivity index (χ3n) is 6.95. The summed E-state index contributed by atoms with van der Waals surface area (Å²) in [5, 5.41) is 3.05. The fourth-order valence-corrected chi connectivity index (χ4v) is 5.93. The second-order valence-electron chi connectivity index (χ2n) is 9.59. The van der Waals surface area contributed by atoms with Crippen LogP contribution in [0, 0.1) is 6.92 Å². The highest BCUT2D eigenvalue weighted by atomic mass is 32.2. The van der Waals surface area contributed by atoms with E-state index < -0.39 is 21.8 Å². The number of aromatic nitrogens is 3. The minimum Gasteiger partial charge on any atom is -0.497 e. The topological polar surface area (TPSA) is 89.3 Å². The maximum atomic E-state index is 13.6. The van der Waals surface area contributed by atoms with E-state index in [0.717, 1.165) is 48.7 Å². The van der Waals surface area contributed by atoms with Gasteiger partial charge in [-0.1, -0.05) is 12.1 Å². The van der Waals surface area contributed by atoms with Crippen LogP contribution in [-0.2, 0) is 35.7 Å². The second-order valence-corrected chi connectivity index (χ2v) is 11.6. The molecular weight excluding hydrogens is 543 g/mol. The van der Waals surface area contributed by atoms with Crippen molar-refractivity contribution < 1.29 is 26.3 Å². The van der Waals surface area contributed by atoms with Crippen LogP contribution in [0.3, 0.4) is 0 Å². The van der Waals surface area contributed by atoms with Crippen LogP contribution >= 0.6 is 0 Å². The Balaban J connectivity index is 1.51. The summed E-state index contributed by atoms with van der Waals surface area (Å²) in [6.07, 6.45) is -1.95. The van der Waals surface area contributed by atoms with E-state index in [1.165, 1.54) is 23.5 Å². The number of anilines is 2. The van der Waals surface area contributed by atoms with Crippen LogP contribution in [0.5, 0.6) is 5.75 Å². The molecule has 0 aliphatic carbocycles. The number of hydrogen-bond acceptors (Lipinski definition) is 6. The molecule has 0 spiro atoms. The molecule has 0 atom stereocenters. The molecule has 0 saturated carbocycles. The molecule has 0 radical (unpaired) electrons. The van der Waals surface area contributed by atoms with Crippen molar-refractivity contribution in [2.45, 2.75) is 43.9 Å². The number of ether oxygens (including phenoxy) is 1. The summed E-state index contributed by atoms with van der Waals surface area (Å²) in [6.45, 7) is 2.89. The van der Waals surface area contributed by atoms with E-state index in [1.807, 2.05) is 6.92 Å². The van der Waals surface area contributed by atoms with Crippen molar-refractivity contribution in [3.63, 3.8) is 0 Å². The Kier molecular flexibility index (Phi) is 7.32. The molecule has 1 aliphatic rings. The molecule has 0 fully saturated rings. The van der Waals surface area contributed by atoms with Gasteiger partial charge < -0.3 is 14.6 Å². The Hall–Kier alpha value is -3.90. The predicted molar refractivity (Wildman–Crippen MR) is 145 cm³/mol. The maximum Gasteiger partial charge on any atom is 0.417 e. The van der Waals surface area contributed by atoms with Crippen LogP contribution in [0.2, 0.25) is 0 Å². The van der Waals surface area contributed by atoms with Crippen molar-refractivity contribution in [3.8, 4) is 17.0 Å². The zero-order valence-corrected chi connectivity index (χ0v) is 23.0. The van der Waals surface area contributed by atoms with E-state index in [9.17, 15) is 21.6 Å². The summed E-state index contributed by atoms with van der Waals surface area (Å²) in [6, 6.07) is 13.9. The number of aryl methyl sites for hydroxylation is 1. The van der Waals surface area contributed by atoms with Crippen molar-refractivity contribution >= 4 is 21.5 Å². The molecule has 5 rings (SSSR count). The molecule has 12 heteroatoms. The van der Waals surface area contributed by atoms with Gasteiger partial charge in [0, 0.05) is 49.7 Å². The lowest BCUT2D eigenvalue weighted by atomic mass is 10.1. The van der Waals surface area contributed by atoms with Gasteiger partial charge in [0.15, 0.2) is 0 Å². The molecule has 3 heterocycles. The third-order valence-corrected chi connectivity index (χ3v) is 8.75. The second kappa shape index (κ2) is 10.6. The number of pyridine rings is 1. The average molecular weight is 572 g/mol. The fourth-order valence-electron chi connectivity index (χ4n) is 4.74. The van der Waals surface area contributed by atoms with E-state index in [2.05, 4.69) is 14.9 Å². The number of sulfonamides is 1. The highest BCUT2D eigenvalue weighted by Crippen LogP contribution is 2.37. The van der Waals surface area contributed by atoms with Crippen LogP contribution in [0.15, 0.2) is 65.7 Å². The van der Waals surface area contributed by atoms with Gasteiger partial charge in [-0.05, 0) is 61.4 Å². The van der Waals surface area contributed by atoms with Crippen molar-refractivity contribution in [2.24, 2.45) is 0 Å². The molecule has 2 aromatic carbocycles. The maximum absolute atomic E-state index is 13.6. The van der Waals surface area contributed by atoms with E-state index in [1.54, 1.807) is 43.5 Å². The Labute approximate surface area is 230 Å². The van der Waals surface area contributed by atoms with E-state index in [0.29, 0.717) is 22.7 Å². The van der Waals surface area contributed by atoms with E-state index in [-0.39, 0.29) is 17.3 Å². The Morgan fingerprint density at radius 2 is 1.85 bits per heavy atom. The summed E-state index contributed by atoms with van der Waals surface area (Å²) < 4.78 is 74.8. The molecule has 1 N–H and O–H groups in total. The molecule has 0 bridgehead atoms. The van der Waals surface area contributed by atoms with Crippen LogP contribution in [-0.4, -0.2) is 41.4 Å². The summed E-state index contributed by atoms with van der Waals surface area (Å²) >= 11 is 0. The lowest BCUT2D eigenvalue weighted by Gasteiger charge is -2.19. The summed E-state index contributed by atoms with van der Waals surface area (Å²) in [5.41, 5.74) is 2.42. The normalized spacial score (nSPS) is 13.5. The predicted octanol–water partition coefficient (Wildman–Crippen LogP) is 5.79.